The van der Waals surface area contributed by atoms with Crippen LogP contribution in [-0.4, -0.2) is 37.2 Å². The third-order valence-electron chi connectivity index (χ3n) is 4.58. The molecule has 0 aliphatic rings. The molecule has 166 valence electrons. The third-order valence-corrected chi connectivity index (χ3v) is 4.58. The number of hydrogen-bond acceptors (Lipinski definition) is 4. The monoisotopic (exact) mass is 526 g/mol. The minimum absolute atomic E-state index is 0. The van der Waals surface area contributed by atoms with E-state index < -0.39 is 0 Å². The lowest BCUT2D eigenvalue weighted by molar-refractivity contribution is 0.0258. The van der Waals surface area contributed by atoms with E-state index in [4.69, 9.17) is 9.47 Å². The molecule has 30 heavy (non-hydrogen) atoms. The van der Waals surface area contributed by atoms with Gasteiger partial charge < -0.3 is 20.1 Å². The molecule has 1 atom stereocenters. The highest BCUT2D eigenvalue weighted by atomic mass is 127. The van der Waals surface area contributed by atoms with Crippen LogP contribution in [0.15, 0.2) is 53.7 Å². The lowest BCUT2D eigenvalue weighted by Gasteiger charge is -2.21. The van der Waals surface area contributed by atoms with Crippen molar-refractivity contribution in [2.75, 3.05) is 20.2 Å². The minimum Gasteiger partial charge on any atom is -0.473 e. The first-order chi connectivity index (χ1) is 14.1. The Morgan fingerprint density at radius 3 is 2.53 bits per heavy atom. The number of rotatable bonds is 11. The number of aromatic nitrogens is 1. The Labute approximate surface area is 197 Å². The third kappa shape index (κ3) is 9.30. The van der Waals surface area contributed by atoms with Crippen molar-refractivity contribution in [3.8, 4) is 5.88 Å². The second-order valence-electron chi connectivity index (χ2n) is 7.12. The van der Waals surface area contributed by atoms with Crippen LogP contribution in [0, 0.1) is 5.92 Å². The first-order valence-corrected chi connectivity index (χ1v) is 10.3. The van der Waals surface area contributed by atoms with Crippen molar-refractivity contribution in [3.63, 3.8) is 0 Å². The Balaban J connectivity index is 0.00000450. The first kappa shape index (κ1) is 26.2. The molecule has 1 unspecified atom stereocenters. The fourth-order valence-electron chi connectivity index (χ4n) is 2.97. The standard InChI is InChI=1S/C23H34N4O2.HI/c1-5-28-21(18(2)3)13-15-26-23(24-4)27-16-20-12-9-14-25-22(20)29-17-19-10-7-6-8-11-19;/h6-12,14,18,21H,5,13,15-17H2,1-4H3,(H2,24,26,27);1H. The molecule has 2 rings (SSSR count). The highest BCUT2D eigenvalue weighted by Crippen LogP contribution is 2.16. The highest BCUT2D eigenvalue weighted by Gasteiger charge is 2.13. The summed E-state index contributed by atoms with van der Waals surface area (Å²) in [6.45, 7) is 9.02. The van der Waals surface area contributed by atoms with Crippen molar-refractivity contribution in [1.82, 2.24) is 15.6 Å². The maximum absolute atomic E-state index is 5.93. The van der Waals surface area contributed by atoms with Gasteiger partial charge in [-0.05, 0) is 30.9 Å². The lowest BCUT2D eigenvalue weighted by Crippen LogP contribution is -2.39. The van der Waals surface area contributed by atoms with Crippen molar-refractivity contribution in [3.05, 3.63) is 59.8 Å². The smallest absolute Gasteiger partial charge is 0.218 e. The van der Waals surface area contributed by atoms with Crippen LogP contribution in [0.25, 0.3) is 0 Å². The Morgan fingerprint density at radius 2 is 1.87 bits per heavy atom. The first-order valence-electron chi connectivity index (χ1n) is 10.3. The zero-order valence-electron chi connectivity index (χ0n) is 18.4. The van der Waals surface area contributed by atoms with Crippen molar-refractivity contribution < 1.29 is 9.47 Å². The SMILES string of the molecule is CCOC(CCNC(=NC)NCc1cccnc1OCc1ccccc1)C(C)C.I. The van der Waals surface area contributed by atoms with E-state index in [2.05, 4.69) is 34.5 Å². The van der Waals surface area contributed by atoms with E-state index in [0.717, 1.165) is 36.7 Å². The lowest BCUT2D eigenvalue weighted by atomic mass is 10.0. The number of benzene rings is 1. The molecule has 2 N–H and O–H groups in total. The molecule has 1 aromatic heterocycles. The van der Waals surface area contributed by atoms with Crippen LogP contribution in [-0.2, 0) is 17.9 Å². The van der Waals surface area contributed by atoms with Gasteiger partial charge >= 0.3 is 0 Å². The number of guanidine groups is 1. The second kappa shape index (κ2) is 15.0. The summed E-state index contributed by atoms with van der Waals surface area (Å²) in [7, 11) is 1.77. The molecular weight excluding hydrogens is 491 g/mol. The van der Waals surface area contributed by atoms with Crippen molar-refractivity contribution >= 4 is 29.9 Å². The summed E-state index contributed by atoms with van der Waals surface area (Å²) in [6.07, 6.45) is 2.93. The quantitative estimate of drug-likeness (QED) is 0.258. The van der Waals surface area contributed by atoms with Gasteiger partial charge in [0.05, 0.1) is 6.10 Å². The van der Waals surface area contributed by atoms with Crippen LogP contribution in [0.1, 0.15) is 38.3 Å². The van der Waals surface area contributed by atoms with Crippen LogP contribution in [0.4, 0.5) is 0 Å². The van der Waals surface area contributed by atoms with Gasteiger partial charge in [-0.25, -0.2) is 4.98 Å². The molecule has 6 nitrogen and oxygen atoms in total. The fraction of sp³-hybridized carbons (Fsp3) is 0.478. The molecule has 0 aliphatic heterocycles. The number of halogens is 1. The van der Waals surface area contributed by atoms with Crippen molar-refractivity contribution in [1.29, 1.82) is 0 Å². The predicted octanol–water partition coefficient (Wildman–Crippen LogP) is 4.39. The maximum atomic E-state index is 5.93. The number of hydrogen-bond donors (Lipinski definition) is 2. The largest absolute Gasteiger partial charge is 0.473 e. The molecule has 0 bridgehead atoms. The summed E-state index contributed by atoms with van der Waals surface area (Å²) in [5.41, 5.74) is 2.10. The van der Waals surface area contributed by atoms with Crippen LogP contribution >= 0.6 is 24.0 Å². The van der Waals surface area contributed by atoms with E-state index in [1.165, 1.54) is 0 Å². The van der Waals surface area contributed by atoms with Crippen molar-refractivity contribution in [2.45, 2.75) is 46.4 Å². The summed E-state index contributed by atoms with van der Waals surface area (Å²) in [5, 5.41) is 6.70. The summed E-state index contributed by atoms with van der Waals surface area (Å²) in [5.74, 6) is 1.88. The van der Waals surface area contributed by atoms with Crippen LogP contribution < -0.4 is 15.4 Å². The maximum Gasteiger partial charge on any atom is 0.218 e. The number of aliphatic imine (C=N–C) groups is 1. The summed E-state index contributed by atoms with van der Waals surface area (Å²) < 4.78 is 11.7. The van der Waals surface area contributed by atoms with Gasteiger partial charge in [-0.1, -0.05) is 50.2 Å². The minimum atomic E-state index is 0. The van der Waals surface area contributed by atoms with E-state index in [1.54, 1.807) is 13.2 Å². The molecule has 1 heterocycles. The van der Waals surface area contributed by atoms with Crippen LogP contribution in [0.5, 0.6) is 5.88 Å². The average molecular weight is 526 g/mol. The van der Waals surface area contributed by atoms with E-state index in [9.17, 15) is 0 Å². The molecular formula is C23H35IN4O2. The summed E-state index contributed by atoms with van der Waals surface area (Å²) in [6, 6.07) is 14.0. The molecule has 7 heteroatoms. The van der Waals surface area contributed by atoms with Gasteiger partial charge in [-0.3, -0.25) is 4.99 Å². The fourth-order valence-corrected chi connectivity index (χ4v) is 2.97. The topological polar surface area (TPSA) is 67.8 Å². The molecule has 1 aromatic carbocycles. The Hall–Kier alpha value is -1.87. The molecule has 0 saturated heterocycles. The van der Waals surface area contributed by atoms with Gasteiger partial charge in [-0.2, -0.15) is 0 Å². The van der Waals surface area contributed by atoms with Crippen molar-refractivity contribution in [2.24, 2.45) is 10.9 Å². The number of nitrogens with one attached hydrogen (secondary N) is 2. The van der Waals surface area contributed by atoms with Gasteiger partial charge in [-0.15, -0.1) is 24.0 Å². The number of ether oxygens (including phenoxy) is 2. The van der Waals surface area contributed by atoms with Crippen LogP contribution in [0.3, 0.4) is 0 Å². The molecule has 0 spiro atoms. The van der Waals surface area contributed by atoms with Crippen LogP contribution in [0.2, 0.25) is 0 Å². The molecule has 0 saturated carbocycles. The second-order valence-corrected chi connectivity index (χ2v) is 7.12. The van der Waals surface area contributed by atoms with Gasteiger partial charge in [0.2, 0.25) is 5.88 Å². The molecule has 0 radical (unpaired) electrons. The highest BCUT2D eigenvalue weighted by molar-refractivity contribution is 14.0. The van der Waals surface area contributed by atoms with Gasteiger partial charge in [0.1, 0.15) is 6.61 Å². The molecule has 0 aliphatic carbocycles. The molecule has 0 fully saturated rings. The average Bonchev–Trinajstić information content (AvgIpc) is 2.75. The number of pyridine rings is 1. The normalized spacial score (nSPS) is 12.2. The Kier molecular flexibility index (Phi) is 13.1. The Bertz CT molecular complexity index is 741. The van der Waals surface area contributed by atoms with E-state index >= 15 is 0 Å². The van der Waals surface area contributed by atoms with E-state index in [0.29, 0.717) is 24.9 Å². The Morgan fingerprint density at radius 1 is 1.10 bits per heavy atom. The van der Waals surface area contributed by atoms with Gasteiger partial charge in [0.15, 0.2) is 5.96 Å². The van der Waals surface area contributed by atoms with Gasteiger partial charge in [0, 0.05) is 38.5 Å². The predicted molar refractivity (Wildman–Crippen MR) is 133 cm³/mol. The number of nitrogens with zero attached hydrogens (tertiary/aromatic N) is 2. The molecule has 0 amide bonds. The molecule has 2 aromatic rings. The summed E-state index contributed by atoms with van der Waals surface area (Å²) in [4.78, 5) is 8.69. The van der Waals surface area contributed by atoms with Gasteiger partial charge in [0.25, 0.3) is 0 Å². The van der Waals surface area contributed by atoms with E-state index in [-0.39, 0.29) is 30.1 Å². The van der Waals surface area contributed by atoms with E-state index in [1.807, 2.05) is 49.4 Å². The summed E-state index contributed by atoms with van der Waals surface area (Å²) >= 11 is 0. The zero-order valence-corrected chi connectivity index (χ0v) is 20.8. The zero-order chi connectivity index (χ0) is 20.9.